The first-order valence-electron chi connectivity index (χ1n) is 8.91. The maximum absolute atomic E-state index is 12.4. The molecule has 0 amide bonds. The molecule has 0 heterocycles. The lowest BCUT2D eigenvalue weighted by Gasteiger charge is -2.57. The molecule has 4 aliphatic rings. The molecule has 5 atom stereocenters. The normalized spacial score (nSPS) is 51.0. The van der Waals surface area contributed by atoms with Crippen LogP contribution < -0.4 is 5.73 Å². The van der Waals surface area contributed by atoms with Crippen LogP contribution in [0.4, 0.5) is 0 Å². The van der Waals surface area contributed by atoms with E-state index in [4.69, 9.17) is 0 Å². The standard InChI is InChI=1S/C19H27NO2/c1-17-8-7-15-13(14(17)3-4-16(17)22)6-10-19(20)11-12(21)5-9-18(15,19)2/h7,13-14H,3-6,8-11,20H2,1-2H3/p+1/t13-,14+,17+,18+,19-/m0/s1. The summed E-state index contributed by atoms with van der Waals surface area (Å²) in [6.07, 6.45) is 9.59. The van der Waals surface area contributed by atoms with Crippen LogP contribution in [0.3, 0.4) is 0 Å². The Labute approximate surface area is 132 Å². The molecule has 0 radical (unpaired) electrons. The van der Waals surface area contributed by atoms with E-state index in [1.165, 1.54) is 0 Å². The van der Waals surface area contributed by atoms with Crippen LogP contribution in [-0.4, -0.2) is 17.1 Å². The predicted molar refractivity (Wildman–Crippen MR) is 83.8 cm³/mol. The van der Waals surface area contributed by atoms with Crippen molar-refractivity contribution in [3.8, 4) is 0 Å². The lowest BCUT2D eigenvalue weighted by Crippen LogP contribution is -2.82. The molecule has 3 nitrogen and oxygen atoms in total. The Bertz CT molecular complexity index is 594. The Morgan fingerprint density at radius 3 is 2.68 bits per heavy atom. The maximum Gasteiger partial charge on any atom is 0.139 e. The highest BCUT2D eigenvalue weighted by molar-refractivity contribution is 5.87. The summed E-state index contributed by atoms with van der Waals surface area (Å²) in [5, 5.41) is 0. The number of ketones is 2. The third-order valence-corrected chi connectivity index (χ3v) is 7.95. The van der Waals surface area contributed by atoms with E-state index in [0.717, 1.165) is 38.5 Å². The molecule has 22 heavy (non-hydrogen) atoms. The minimum atomic E-state index is -0.115. The van der Waals surface area contributed by atoms with E-state index < -0.39 is 0 Å². The predicted octanol–water partition coefficient (Wildman–Crippen LogP) is 2.45. The second-order valence-electron chi connectivity index (χ2n) is 8.82. The third kappa shape index (κ3) is 1.61. The Morgan fingerprint density at radius 1 is 1.14 bits per heavy atom. The molecule has 4 rings (SSSR count). The smallest absolute Gasteiger partial charge is 0.139 e. The molecular weight excluding hydrogens is 274 g/mol. The fraction of sp³-hybridized carbons (Fsp3) is 0.789. The largest absolute Gasteiger partial charge is 0.352 e. The summed E-state index contributed by atoms with van der Waals surface area (Å²) in [5.74, 6) is 1.95. The lowest BCUT2D eigenvalue weighted by atomic mass is 9.47. The van der Waals surface area contributed by atoms with Gasteiger partial charge in [-0.3, -0.25) is 9.59 Å². The van der Waals surface area contributed by atoms with Gasteiger partial charge in [0.05, 0.1) is 6.42 Å². The van der Waals surface area contributed by atoms with Gasteiger partial charge in [-0.15, -0.1) is 0 Å². The van der Waals surface area contributed by atoms with E-state index in [-0.39, 0.29) is 16.4 Å². The highest BCUT2D eigenvalue weighted by Gasteiger charge is 2.62. The summed E-state index contributed by atoms with van der Waals surface area (Å²) < 4.78 is 0. The molecule has 3 saturated carbocycles. The zero-order valence-corrected chi connectivity index (χ0v) is 13.9. The average Bonchev–Trinajstić information content (AvgIpc) is 2.76. The Hall–Kier alpha value is -0.960. The number of fused-ring (bicyclic) bond motifs is 5. The average molecular weight is 302 g/mol. The van der Waals surface area contributed by atoms with Crippen molar-refractivity contribution in [3.63, 3.8) is 0 Å². The molecule has 3 fully saturated rings. The number of hydrogen-bond donors (Lipinski definition) is 1. The van der Waals surface area contributed by atoms with Crippen molar-refractivity contribution >= 4 is 11.6 Å². The van der Waals surface area contributed by atoms with Gasteiger partial charge in [0.25, 0.3) is 0 Å². The molecule has 0 bridgehead atoms. The molecule has 0 aromatic rings. The molecule has 0 aromatic carbocycles. The van der Waals surface area contributed by atoms with Gasteiger partial charge in [0, 0.05) is 30.1 Å². The van der Waals surface area contributed by atoms with Crippen LogP contribution in [0, 0.1) is 22.7 Å². The number of rotatable bonds is 0. The quantitative estimate of drug-likeness (QED) is 0.699. The second-order valence-corrected chi connectivity index (χ2v) is 8.82. The highest BCUT2D eigenvalue weighted by atomic mass is 16.1. The monoisotopic (exact) mass is 302 g/mol. The Morgan fingerprint density at radius 2 is 1.91 bits per heavy atom. The molecule has 4 aliphatic carbocycles. The van der Waals surface area contributed by atoms with Crippen LogP contribution >= 0.6 is 0 Å². The number of allylic oxidation sites excluding steroid dienone is 1. The Balaban J connectivity index is 1.77. The first-order chi connectivity index (χ1) is 10.3. The summed E-state index contributed by atoms with van der Waals surface area (Å²) in [6, 6.07) is 0. The van der Waals surface area contributed by atoms with Gasteiger partial charge in [0.15, 0.2) is 0 Å². The number of carbonyl (C=O) groups excluding carboxylic acids is 2. The van der Waals surface area contributed by atoms with E-state index in [1.54, 1.807) is 5.57 Å². The van der Waals surface area contributed by atoms with Crippen LogP contribution in [0.2, 0.25) is 0 Å². The first kappa shape index (κ1) is 14.6. The molecule has 0 aromatic heterocycles. The van der Waals surface area contributed by atoms with E-state index in [2.05, 4.69) is 25.7 Å². The minimum absolute atomic E-state index is 0.0663. The van der Waals surface area contributed by atoms with E-state index >= 15 is 0 Å². The fourth-order valence-corrected chi connectivity index (χ4v) is 6.25. The van der Waals surface area contributed by atoms with Crippen LogP contribution in [-0.2, 0) is 9.59 Å². The summed E-state index contributed by atoms with van der Waals surface area (Å²) in [7, 11) is 0. The molecule has 0 spiro atoms. The number of Topliss-reactive ketones (excluding diaryl/α,β-unsaturated/α-hetero) is 2. The SMILES string of the molecule is C[C@@]12CC=C3[C@@H](CC[C@]4([NH3+])CC(=O)CC[C@]34C)[C@H]1CCC2=O. The van der Waals surface area contributed by atoms with Crippen LogP contribution in [0.1, 0.15) is 65.2 Å². The van der Waals surface area contributed by atoms with Crippen LogP contribution in [0.5, 0.6) is 0 Å². The van der Waals surface area contributed by atoms with Crippen molar-refractivity contribution in [1.82, 2.24) is 0 Å². The summed E-state index contributed by atoms with van der Waals surface area (Å²) >= 11 is 0. The van der Waals surface area contributed by atoms with Gasteiger partial charge in [0.1, 0.15) is 17.1 Å². The zero-order valence-electron chi connectivity index (χ0n) is 13.9. The number of hydrogen-bond acceptors (Lipinski definition) is 2. The van der Waals surface area contributed by atoms with Crippen molar-refractivity contribution < 1.29 is 15.3 Å². The summed E-state index contributed by atoms with van der Waals surface area (Å²) in [5.41, 5.74) is 5.95. The number of carbonyl (C=O) groups is 2. The molecular formula is C19H28NO2+. The van der Waals surface area contributed by atoms with Gasteiger partial charge in [-0.2, -0.15) is 0 Å². The summed E-state index contributed by atoms with van der Waals surface area (Å²) in [6.45, 7) is 4.54. The first-order valence-corrected chi connectivity index (χ1v) is 8.91. The number of quaternary nitrogens is 1. The van der Waals surface area contributed by atoms with Crippen LogP contribution in [0.25, 0.3) is 0 Å². The second kappa shape index (κ2) is 4.31. The van der Waals surface area contributed by atoms with Gasteiger partial charge in [-0.05, 0) is 44.4 Å². The van der Waals surface area contributed by atoms with Gasteiger partial charge in [0.2, 0.25) is 0 Å². The minimum Gasteiger partial charge on any atom is -0.352 e. The van der Waals surface area contributed by atoms with Crippen molar-refractivity contribution in [1.29, 1.82) is 0 Å². The summed E-state index contributed by atoms with van der Waals surface area (Å²) in [4.78, 5) is 24.4. The Kier molecular flexibility index (Phi) is 2.87. The topological polar surface area (TPSA) is 61.8 Å². The van der Waals surface area contributed by atoms with Gasteiger partial charge in [-0.25, -0.2) is 0 Å². The molecule has 0 aliphatic heterocycles. The van der Waals surface area contributed by atoms with Gasteiger partial charge < -0.3 is 5.73 Å². The molecule has 0 unspecified atom stereocenters. The zero-order chi connectivity index (χ0) is 15.8. The highest BCUT2D eigenvalue weighted by Crippen LogP contribution is 2.63. The van der Waals surface area contributed by atoms with Gasteiger partial charge in [-0.1, -0.05) is 18.6 Å². The van der Waals surface area contributed by atoms with Crippen molar-refractivity contribution in [2.45, 2.75) is 70.8 Å². The lowest BCUT2D eigenvalue weighted by molar-refractivity contribution is -0.510. The third-order valence-electron chi connectivity index (χ3n) is 7.95. The van der Waals surface area contributed by atoms with Crippen molar-refractivity contribution in [2.24, 2.45) is 22.7 Å². The maximum atomic E-state index is 12.4. The van der Waals surface area contributed by atoms with E-state index in [0.29, 0.717) is 36.2 Å². The van der Waals surface area contributed by atoms with E-state index in [9.17, 15) is 9.59 Å². The molecule has 120 valence electrons. The van der Waals surface area contributed by atoms with Crippen molar-refractivity contribution in [3.05, 3.63) is 11.6 Å². The molecule has 0 saturated heterocycles. The van der Waals surface area contributed by atoms with Crippen LogP contribution in [0.15, 0.2) is 11.6 Å². The molecule has 3 heteroatoms. The molecule has 3 N–H and O–H groups in total. The van der Waals surface area contributed by atoms with Crippen molar-refractivity contribution in [2.75, 3.05) is 0 Å². The fourth-order valence-electron chi connectivity index (χ4n) is 6.25. The van der Waals surface area contributed by atoms with Gasteiger partial charge >= 0.3 is 0 Å². The van der Waals surface area contributed by atoms with E-state index in [1.807, 2.05) is 0 Å².